The zero-order valence-electron chi connectivity index (χ0n) is 11.2. The standard InChI is InChI=1S/C14H11BrFNO3S2/c15-9-6-8(3-4-10(9)16)7-11-13(20)17(14(21)22-11)5-1-2-12(18)19/h3-4,6-7H,1-2,5H2,(H,18,19). The normalized spacial score (nSPS) is 16.6. The molecule has 1 heterocycles. The van der Waals surface area contributed by atoms with E-state index in [9.17, 15) is 14.0 Å². The number of halogens is 2. The lowest BCUT2D eigenvalue weighted by atomic mass is 10.2. The van der Waals surface area contributed by atoms with Gasteiger partial charge in [-0.1, -0.05) is 30.0 Å². The number of rotatable bonds is 5. The number of nitrogens with zero attached hydrogens (tertiary/aromatic N) is 1. The Morgan fingerprint density at radius 1 is 1.50 bits per heavy atom. The summed E-state index contributed by atoms with van der Waals surface area (Å²) in [5.74, 6) is -1.53. The van der Waals surface area contributed by atoms with Gasteiger partial charge >= 0.3 is 5.97 Å². The molecule has 1 fully saturated rings. The second-order valence-electron chi connectivity index (χ2n) is 4.50. The van der Waals surface area contributed by atoms with Gasteiger partial charge in [-0.25, -0.2) is 4.39 Å². The van der Waals surface area contributed by atoms with E-state index in [4.69, 9.17) is 17.3 Å². The number of thiocarbonyl (C=S) groups is 1. The Balaban J connectivity index is 2.11. The molecule has 0 aliphatic carbocycles. The molecule has 0 spiro atoms. The Morgan fingerprint density at radius 3 is 2.86 bits per heavy atom. The summed E-state index contributed by atoms with van der Waals surface area (Å²) in [5.41, 5.74) is 0.680. The van der Waals surface area contributed by atoms with Crippen LogP contribution in [0, 0.1) is 5.82 Å². The second kappa shape index (κ2) is 7.34. The minimum atomic E-state index is -0.905. The summed E-state index contributed by atoms with van der Waals surface area (Å²) in [7, 11) is 0. The van der Waals surface area contributed by atoms with Crippen LogP contribution in [0.3, 0.4) is 0 Å². The highest BCUT2D eigenvalue weighted by Crippen LogP contribution is 2.33. The summed E-state index contributed by atoms with van der Waals surface area (Å²) in [6, 6.07) is 4.45. The maximum atomic E-state index is 13.2. The van der Waals surface area contributed by atoms with E-state index in [1.807, 2.05) is 0 Å². The summed E-state index contributed by atoms with van der Waals surface area (Å²) >= 11 is 9.40. The fraction of sp³-hybridized carbons (Fsp3) is 0.214. The SMILES string of the molecule is O=C(O)CCCN1C(=O)C(=Cc2ccc(F)c(Br)c2)SC1=S. The molecule has 2 rings (SSSR count). The molecule has 1 aliphatic rings. The fourth-order valence-corrected chi connectivity index (χ4v) is 3.54. The highest BCUT2D eigenvalue weighted by atomic mass is 79.9. The topological polar surface area (TPSA) is 57.6 Å². The van der Waals surface area contributed by atoms with Crippen LogP contribution in [0.25, 0.3) is 6.08 Å². The Kier molecular flexibility index (Phi) is 5.71. The number of hydrogen-bond acceptors (Lipinski definition) is 4. The zero-order chi connectivity index (χ0) is 16.3. The smallest absolute Gasteiger partial charge is 0.303 e. The Labute approximate surface area is 144 Å². The number of carbonyl (C=O) groups is 2. The highest BCUT2D eigenvalue weighted by molar-refractivity contribution is 9.10. The monoisotopic (exact) mass is 403 g/mol. The van der Waals surface area contributed by atoms with Gasteiger partial charge in [0.2, 0.25) is 0 Å². The van der Waals surface area contributed by atoms with Crippen molar-refractivity contribution in [2.45, 2.75) is 12.8 Å². The molecular weight excluding hydrogens is 393 g/mol. The lowest BCUT2D eigenvalue weighted by Gasteiger charge is -2.13. The van der Waals surface area contributed by atoms with Gasteiger partial charge in [0.1, 0.15) is 10.1 Å². The van der Waals surface area contributed by atoms with Crippen LogP contribution in [-0.4, -0.2) is 32.7 Å². The summed E-state index contributed by atoms with van der Waals surface area (Å²) in [6.45, 7) is 0.279. The molecule has 0 saturated carbocycles. The number of hydrogen-bond donors (Lipinski definition) is 1. The number of carboxylic acid groups (broad SMARTS) is 1. The first-order valence-corrected chi connectivity index (χ1v) is 8.32. The van der Waals surface area contributed by atoms with Gasteiger partial charge in [0.25, 0.3) is 5.91 Å². The van der Waals surface area contributed by atoms with Gasteiger partial charge in [-0.3, -0.25) is 14.5 Å². The molecular formula is C14H11BrFNO3S2. The number of carbonyl (C=O) groups excluding carboxylic acids is 1. The van der Waals surface area contributed by atoms with E-state index in [1.165, 1.54) is 11.0 Å². The van der Waals surface area contributed by atoms with E-state index in [0.29, 0.717) is 25.7 Å². The Bertz CT molecular complexity index is 678. The average Bonchev–Trinajstić information content (AvgIpc) is 2.70. The molecule has 1 amide bonds. The van der Waals surface area contributed by atoms with Gasteiger partial charge in [0.15, 0.2) is 0 Å². The highest BCUT2D eigenvalue weighted by Gasteiger charge is 2.31. The third-order valence-electron chi connectivity index (χ3n) is 2.89. The summed E-state index contributed by atoms with van der Waals surface area (Å²) in [6.07, 6.45) is 1.97. The molecule has 4 nitrogen and oxygen atoms in total. The zero-order valence-corrected chi connectivity index (χ0v) is 14.4. The quantitative estimate of drug-likeness (QED) is 0.600. The van der Waals surface area contributed by atoms with E-state index < -0.39 is 5.97 Å². The predicted octanol–water partition coefficient (Wildman–Crippen LogP) is 3.65. The molecule has 1 saturated heterocycles. The van der Waals surface area contributed by atoms with Crippen molar-refractivity contribution in [1.82, 2.24) is 4.90 Å². The van der Waals surface area contributed by atoms with Crippen molar-refractivity contribution in [2.75, 3.05) is 6.54 Å². The average molecular weight is 404 g/mol. The molecule has 8 heteroatoms. The molecule has 0 bridgehead atoms. The van der Waals surface area contributed by atoms with E-state index in [0.717, 1.165) is 11.8 Å². The lowest BCUT2D eigenvalue weighted by molar-refractivity contribution is -0.137. The Morgan fingerprint density at radius 2 is 2.23 bits per heavy atom. The Hall–Kier alpha value is -1.25. The third kappa shape index (κ3) is 4.15. The molecule has 0 aromatic heterocycles. The second-order valence-corrected chi connectivity index (χ2v) is 7.03. The number of amides is 1. The van der Waals surface area contributed by atoms with Crippen LogP contribution in [0.15, 0.2) is 27.6 Å². The molecule has 22 heavy (non-hydrogen) atoms. The largest absolute Gasteiger partial charge is 0.481 e. The maximum absolute atomic E-state index is 13.2. The molecule has 1 aromatic rings. The summed E-state index contributed by atoms with van der Waals surface area (Å²) < 4.78 is 13.9. The number of benzene rings is 1. The van der Waals surface area contributed by atoms with Crippen molar-refractivity contribution in [1.29, 1.82) is 0 Å². The van der Waals surface area contributed by atoms with Crippen LogP contribution in [0.2, 0.25) is 0 Å². The van der Waals surface area contributed by atoms with Crippen molar-refractivity contribution in [2.24, 2.45) is 0 Å². The van der Waals surface area contributed by atoms with Crippen molar-refractivity contribution < 1.29 is 19.1 Å². The van der Waals surface area contributed by atoms with Gasteiger partial charge in [-0.2, -0.15) is 0 Å². The maximum Gasteiger partial charge on any atom is 0.303 e. The van der Waals surface area contributed by atoms with Crippen molar-refractivity contribution in [3.63, 3.8) is 0 Å². The number of carboxylic acids is 1. The van der Waals surface area contributed by atoms with Crippen LogP contribution in [0.5, 0.6) is 0 Å². The van der Waals surface area contributed by atoms with Crippen molar-refractivity contribution >= 4 is 62.2 Å². The van der Waals surface area contributed by atoms with Crippen LogP contribution in [-0.2, 0) is 9.59 Å². The third-order valence-corrected chi connectivity index (χ3v) is 4.87. The summed E-state index contributed by atoms with van der Waals surface area (Å²) in [4.78, 5) is 24.6. The molecule has 1 aromatic carbocycles. The predicted molar refractivity (Wildman–Crippen MR) is 90.8 cm³/mol. The number of thioether (sulfide) groups is 1. The van der Waals surface area contributed by atoms with E-state index >= 15 is 0 Å². The first-order chi connectivity index (χ1) is 10.4. The molecule has 0 unspecified atom stereocenters. The van der Waals surface area contributed by atoms with E-state index in [2.05, 4.69) is 15.9 Å². The van der Waals surface area contributed by atoms with E-state index in [-0.39, 0.29) is 24.7 Å². The summed E-state index contributed by atoms with van der Waals surface area (Å²) in [5, 5.41) is 8.63. The molecule has 1 aliphatic heterocycles. The van der Waals surface area contributed by atoms with Crippen molar-refractivity contribution in [3.05, 3.63) is 39.0 Å². The van der Waals surface area contributed by atoms with Crippen molar-refractivity contribution in [3.8, 4) is 0 Å². The van der Waals surface area contributed by atoms with Crippen LogP contribution < -0.4 is 0 Å². The van der Waals surface area contributed by atoms with Gasteiger partial charge < -0.3 is 5.11 Å². The molecule has 1 N–H and O–H groups in total. The minimum absolute atomic E-state index is 0.0129. The number of aliphatic carboxylic acids is 1. The van der Waals surface area contributed by atoms with Gasteiger partial charge in [-0.15, -0.1) is 0 Å². The molecule has 0 atom stereocenters. The van der Waals surface area contributed by atoms with Crippen LogP contribution >= 0.6 is 39.9 Å². The van der Waals surface area contributed by atoms with Crippen LogP contribution in [0.1, 0.15) is 18.4 Å². The lowest BCUT2D eigenvalue weighted by Crippen LogP contribution is -2.29. The molecule has 116 valence electrons. The van der Waals surface area contributed by atoms with Gasteiger partial charge in [0, 0.05) is 13.0 Å². The van der Waals surface area contributed by atoms with Crippen LogP contribution in [0.4, 0.5) is 4.39 Å². The first-order valence-electron chi connectivity index (χ1n) is 6.30. The van der Waals surface area contributed by atoms with Gasteiger partial charge in [-0.05, 0) is 46.1 Å². The van der Waals surface area contributed by atoms with Gasteiger partial charge in [0.05, 0.1) is 9.38 Å². The minimum Gasteiger partial charge on any atom is -0.481 e. The fourth-order valence-electron chi connectivity index (χ4n) is 1.83. The van der Waals surface area contributed by atoms with E-state index in [1.54, 1.807) is 18.2 Å². The molecule has 0 radical (unpaired) electrons. The first kappa shape index (κ1) is 17.1.